The number of rotatable bonds is 2. The second-order valence-electron chi connectivity index (χ2n) is 5.15. The average molecular weight is 314 g/mol. The number of benzene rings is 1. The molecule has 0 radical (unpaired) electrons. The molecule has 1 aliphatic heterocycles. The SMILES string of the molecule is O=C(C1C=C2N=c3ccccc3=C2C(CCl)C1)C(F)(F)F. The molecule has 1 aromatic rings. The number of halogens is 4. The van der Waals surface area contributed by atoms with Gasteiger partial charge in [0.1, 0.15) is 0 Å². The van der Waals surface area contributed by atoms with E-state index in [0.29, 0.717) is 11.1 Å². The van der Waals surface area contributed by atoms with Gasteiger partial charge in [0.2, 0.25) is 5.78 Å². The Morgan fingerprint density at radius 1 is 1.33 bits per heavy atom. The molecule has 1 aliphatic carbocycles. The predicted molar refractivity (Wildman–Crippen MR) is 72.1 cm³/mol. The minimum atomic E-state index is -4.83. The lowest BCUT2D eigenvalue weighted by Gasteiger charge is -2.26. The van der Waals surface area contributed by atoms with Crippen LogP contribution in [0.4, 0.5) is 13.2 Å². The van der Waals surface area contributed by atoms with Gasteiger partial charge in [0.25, 0.3) is 0 Å². The molecule has 1 aromatic carbocycles. The van der Waals surface area contributed by atoms with E-state index in [1.54, 1.807) is 6.07 Å². The highest BCUT2D eigenvalue weighted by atomic mass is 35.5. The predicted octanol–water partition coefficient (Wildman–Crippen LogP) is 2.36. The number of allylic oxidation sites excluding steroid dienone is 2. The second-order valence-corrected chi connectivity index (χ2v) is 5.46. The lowest BCUT2D eigenvalue weighted by Crippen LogP contribution is -2.34. The molecule has 0 N–H and O–H groups in total. The van der Waals surface area contributed by atoms with Gasteiger partial charge in [-0.15, -0.1) is 11.6 Å². The molecule has 3 rings (SSSR count). The van der Waals surface area contributed by atoms with Crippen molar-refractivity contribution in [2.75, 3.05) is 5.88 Å². The highest BCUT2D eigenvalue weighted by Gasteiger charge is 2.45. The van der Waals surface area contributed by atoms with Gasteiger partial charge >= 0.3 is 6.18 Å². The summed E-state index contributed by atoms with van der Waals surface area (Å²) in [6.45, 7) is 0. The Hall–Kier alpha value is -1.62. The topological polar surface area (TPSA) is 29.4 Å². The molecule has 0 fully saturated rings. The van der Waals surface area contributed by atoms with Gasteiger partial charge in [-0.05, 0) is 24.1 Å². The van der Waals surface area contributed by atoms with E-state index < -0.39 is 17.9 Å². The van der Waals surface area contributed by atoms with E-state index >= 15 is 0 Å². The third kappa shape index (κ3) is 2.39. The number of ketones is 1. The quantitative estimate of drug-likeness (QED) is 0.771. The summed E-state index contributed by atoms with van der Waals surface area (Å²) in [5.41, 5.74) is 1.31. The normalized spacial score (nSPS) is 24.0. The number of fused-ring (bicyclic) bond motifs is 2. The molecule has 0 bridgehead atoms. The molecule has 0 saturated heterocycles. The maximum Gasteiger partial charge on any atom is 0.450 e. The van der Waals surface area contributed by atoms with Crippen LogP contribution in [0, 0.1) is 11.8 Å². The number of alkyl halides is 4. The summed E-state index contributed by atoms with van der Waals surface area (Å²) in [6.07, 6.45) is -3.43. The van der Waals surface area contributed by atoms with Gasteiger partial charge in [-0.3, -0.25) is 4.79 Å². The Kier molecular flexibility index (Phi) is 3.40. The van der Waals surface area contributed by atoms with Crippen molar-refractivity contribution < 1.29 is 18.0 Å². The van der Waals surface area contributed by atoms with Crippen LogP contribution in [0.3, 0.4) is 0 Å². The molecular formula is C15H11ClF3NO. The summed E-state index contributed by atoms with van der Waals surface area (Å²) >= 11 is 5.92. The van der Waals surface area contributed by atoms with E-state index in [0.717, 1.165) is 10.8 Å². The van der Waals surface area contributed by atoms with Crippen LogP contribution in [0.1, 0.15) is 6.42 Å². The Morgan fingerprint density at radius 2 is 2.05 bits per heavy atom. The van der Waals surface area contributed by atoms with Crippen molar-refractivity contribution in [3.8, 4) is 0 Å². The van der Waals surface area contributed by atoms with Gasteiger partial charge in [0.15, 0.2) is 0 Å². The molecule has 1 heterocycles. The van der Waals surface area contributed by atoms with Crippen LogP contribution in [0.2, 0.25) is 0 Å². The summed E-state index contributed by atoms with van der Waals surface area (Å²) in [4.78, 5) is 15.8. The molecule has 6 heteroatoms. The first-order valence-electron chi connectivity index (χ1n) is 6.49. The van der Waals surface area contributed by atoms with Crippen molar-refractivity contribution in [3.05, 3.63) is 46.6 Å². The van der Waals surface area contributed by atoms with Crippen LogP contribution >= 0.6 is 11.6 Å². The smallest absolute Gasteiger partial charge is 0.289 e. The third-order valence-electron chi connectivity index (χ3n) is 3.82. The van der Waals surface area contributed by atoms with Gasteiger partial charge in [-0.2, -0.15) is 13.2 Å². The van der Waals surface area contributed by atoms with Crippen LogP contribution in [-0.4, -0.2) is 17.8 Å². The standard InChI is InChI=1S/C15H11ClF3NO/c16-7-9-5-8(14(21)15(17,18)19)6-12-13(9)10-3-1-2-4-11(10)20-12/h1-4,6,8-9H,5,7H2. The van der Waals surface area contributed by atoms with Crippen molar-refractivity contribution >= 4 is 23.0 Å². The molecular weight excluding hydrogens is 303 g/mol. The third-order valence-corrected chi connectivity index (χ3v) is 4.19. The molecule has 0 aromatic heterocycles. The molecule has 2 aliphatic rings. The van der Waals surface area contributed by atoms with Crippen molar-refractivity contribution in [3.63, 3.8) is 0 Å². The first-order chi connectivity index (χ1) is 9.91. The van der Waals surface area contributed by atoms with Gasteiger partial charge < -0.3 is 0 Å². The monoisotopic (exact) mass is 313 g/mol. The van der Waals surface area contributed by atoms with Crippen LogP contribution in [0.15, 0.2) is 41.0 Å². The van der Waals surface area contributed by atoms with Gasteiger partial charge in [0.05, 0.1) is 11.1 Å². The lowest BCUT2D eigenvalue weighted by atomic mass is 9.80. The fourth-order valence-corrected chi connectivity index (χ4v) is 3.18. The van der Waals surface area contributed by atoms with Gasteiger partial charge in [-0.25, -0.2) is 4.99 Å². The van der Waals surface area contributed by atoms with Crippen LogP contribution in [-0.2, 0) is 4.79 Å². The highest BCUT2D eigenvalue weighted by Crippen LogP contribution is 2.38. The molecule has 0 saturated carbocycles. The Morgan fingerprint density at radius 3 is 2.71 bits per heavy atom. The van der Waals surface area contributed by atoms with Gasteiger partial charge in [-0.1, -0.05) is 18.2 Å². The van der Waals surface area contributed by atoms with E-state index in [2.05, 4.69) is 4.99 Å². The summed E-state index contributed by atoms with van der Waals surface area (Å²) in [7, 11) is 0. The molecule has 2 unspecified atom stereocenters. The molecule has 0 spiro atoms. The maximum atomic E-state index is 12.6. The zero-order valence-electron chi connectivity index (χ0n) is 10.8. The summed E-state index contributed by atoms with van der Waals surface area (Å²) in [5, 5.41) is 1.61. The van der Waals surface area contributed by atoms with E-state index in [-0.39, 0.29) is 18.2 Å². The molecule has 21 heavy (non-hydrogen) atoms. The average Bonchev–Trinajstić information content (AvgIpc) is 2.82. The van der Waals surface area contributed by atoms with E-state index in [1.165, 1.54) is 6.08 Å². The Bertz CT molecular complexity index is 751. The lowest BCUT2D eigenvalue weighted by molar-refractivity contribution is -0.174. The van der Waals surface area contributed by atoms with E-state index in [1.807, 2.05) is 18.2 Å². The maximum absolute atomic E-state index is 12.6. The van der Waals surface area contributed by atoms with Crippen molar-refractivity contribution in [1.29, 1.82) is 0 Å². The number of carbonyl (C=O) groups is 1. The van der Waals surface area contributed by atoms with E-state index in [4.69, 9.17) is 11.6 Å². The summed E-state index contributed by atoms with van der Waals surface area (Å²) in [5.74, 6) is -3.06. The zero-order chi connectivity index (χ0) is 15.2. The largest absolute Gasteiger partial charge is 0.450 e. The summed E-state index contributed by atoms with van der Waals surface area (Å²) < 4.78 is 37.9. The minimum absolute atomic E-state index is 0.0739. The van der Waals surface area contributed by atoms with E-state index in [9.17, 15) is 18.0 Å². The van der Waals surface area contributed by atoms with Crippen LogP contribution in [0.5, 0.6) is 0 Å². The Balaban J connectivity index is 2.12. The molecule has 2 atom stereocenters. The Labute approximate surface area is 123 Å². The number of Topliss-reactive ketones (excluding diaryl/α,β-unsaturated/α-hetero) is 1. The fraction of sp³-hybridized carbons (Fsp3) is 0.333. The number of nitrogens with zero attached hydrogens (tertiary/aromatic N) is 1. The van der Waals surface area contributed by atoms with Crippen molar-refractivity contribution in [1.82, 2.24) is 0 Å². The first-order valence-corrected chi connectivity index (χ1v) is 7.02. The molecule has 110 valence electrons. The number of carbonyl (C=O) groups excluding carboxylic acids is 1. The van der Waals surface area contributed by atoms with Crippen molar-refractivity contribution in [2.45, 2.75) is 12.6 Å². The first kappa shape index (κ1) is 14.3. The number of hydrogen-bond donors (Lipinski definition) is 0. The summed E-state index contributed by atoms with van der Waals surface area (Å²) in [6, 6.07) is 7.34. The minimum Gasteiger partial charge on any atom is -0.289 e. The number of hydrogen-bond acceptors (Lipinski definition) is 2. The van der Waals surface area contributed by atoms with Crippen molar-refractivity contribution in [2.24, 2.45) is 16.8 Å². The molecule has 2 nitrogen and oxygen atoms in total. The van der Waals surface area contributed by atoms with Crippen LogP contribution in [0.25, 0.3) is 5.57 Å². The fourth-order valence-electron chi connectivity index (χ4n) is 2.90. The zero-order valence-corrected chi connectivity index (χ0v) is 11.6. The molecule has 0 amide bonds. The highest BCUT2D eigenvalue weighted by molar-refractivity contribution is 6.18. The second kappa shape index (κ2) is 4.98. The van der Waals surface area contributed by atoms with Gasteiger partial charge in [0, 0.05) is 22.9 Å². The number of para-hydroxylation sites is 1. The van der Waals surface area contributed by atoms with Crippen LogP contribution < -0.4 is 10.6 Å².